The van der Waals surface area contributed by atoms with Crippen LogP contribution in [0.1, 0.15) is 40.0 Å². The van der Waals surface area contributed by atoms with Gasteiger partial charge in [-0.15, -0.1) is 0 Å². The van der Waals surface area contributed by atoms with Crippen molar-refractivity contribution < 1.29 is 19.4 Å². The topological polar surface area (TPSA) is 59.0 Å². The first-order valence-electron chi connectivity index (χ1n) is 7.38. The molecule has 0 bridgehead atoms. The van der Waals surface area contributed by atoms with E-state index in [0.717, 1.165) is 32.5 Å². The summed E-state index contributed by atoms with van der Waals surface area (Å²) >= 11 is 0. The highest BCUT2D eigenvalue weighted by atomic mass is 16.6. The largest absolute Gasteiger partial charge is 0.450 e. The third kappa shape index (κ3) is 8.06. The fraction of sp³-hybridized carbons (Fsp3) is 0.929. The van der Waals surface area contributed by atoms with E-state index >= 15 is 0 Å². The summed E-state index contributed by atoms with van der Waals surface area (Å²) in [5.74, 6) is 0.527. The van der Waals surface area contributed by atoms with Crippen LogP contribution in [0, 0.1) is 5.92 Å². The minimum absolute atomic E-state index is 0.182. The molecule has 1 saturated heterocycles. The van der Waals surface area contributed by atoms with Crippen molar-refractivity contribution in [2.24, 2.45) is 5.92 Å². The third-order valence-corrected chi connectivity index (χ3v) is 2.94. The van der Waals surface area contributed by atoms with Gasteiger partial charge in [-0.1, -0.05) is 13.8 Å². The van der Waals surface area contributed by atoms with Gasteiger partial charge in [0.15, 0.2) is 0 Å². The Morgan fingerprint density at radius 1 is 1.32 bits per heavy atom. The molecule has 0 spiro atoms. The molecule has 1 N–H and O–H groups in total. The number of carbonyl (C=O) groups excluding carboxylic acids is 1. The normalized spacial score (nSPS) is 15.7. The summed E-state index contributed by atoms with van der Waals surface area (Å²) < 4.78 is 10.4. The number of aliphatic hydroxyl groups is 1. The fourth-order valence-corrected chi connectivity index (χ4v) is 1.91. The molecule has 19 heavy (non-hydrogen) atoms. The molecule has 114 valence electrons. The van der Waals surface area contributed by atoms with Gasteiger partial charge in [-0.3, -0.25) is 0 Å². The molecule has 0 aliphatic carbocycles. The van der Waals surface area contributed by atoms with Crippen LogP contribution in [0.25, 0.3) is 0 Å². The van der Waals surface area contributed by atoms with Crippen molar-refractivity contribution in [3.8, 4) is 0 Å². The van der Waals surface area contributed by atoms with Crippen molar-refractivity contribution in [1.29, 1.82) is 0 Å². The number of piperidine rings is 1. The summed E-state index contributed by atoms with van der Waals surface area (Å²) in [6, 6.07) is 0. The Hall–Kier alpha value is -0.810. The lowest BCUT2D eigenvalue weighted by atomic mass is 9.98. The van der Waals surface area contributed by atoms with Crippen LogP contribution in [-0.2, 0) is 9.47 Å². The van der Waals surface area contributed by atoms with Crippen molar-refractivity contribution in [3.63, 3.8) is 0 Å². The van der Waals surface area contributed by atoms with E-state index in [1.54, 1.807) is 4.90 Å². The van der Waals surface area contributed by atoms with Crippen LogP contribution >= 0.6 is 0 Å². The van der Waals surface area contributed by atoms with E-state index in [4.69, 9.17) is 14.6 Å². The number of carbonyl (C=O) groups is 1. The average molecular weight is 275 g/mol. The van der Waals surface area contributed by atoms with Crippen molar-refractivity contribution in [3.05, 3.63) is 0 Å². The highest BCUT2D eigenvalue weighted by Crippen LogP contribution is 2.18. The number of aliphatic hydroxyl groups excluding tert-OH is 1. The molecule has 5 nitrogen and oxygen atoms in total. The van der Waals surface area contributed by atoms with Crippen LogP contribution in [0.4, 0.5) is 4.79 Å². The first-order valence-corrected chi connectivity index (χ1v) is 7.38. The highest BCUT2D eigenvalue weighted by Gasteiger charge is 2.23. The quantitative estimate of drug-likeness (QED) is 0.756. The van der Waals surface area contributed by atoms with E-state index in [0.29, 0.717) is 25.6 Å². The lowest BCUT2D eigenvalue weighted by Gasteiger charge is -2.31. The number of nitrogens with zero attached hydrogens (tertiary/aromatic N) is 1. The second-order valence-corrected chi connectivity index (χ2v) is 4.28. The first-order chi connectivity index (χ1) is 9.27. The minimum Gasteiger partial charge on any atom is -0.450 e. The van der Waals surface area contributed by atoms with E-state index in [1.165, 1.54) is 0 Å². The van der Waals surface area contributed by atoms with E-state index < -0.39 is 0 Å². The van der Waals surface area contributed by atoms with Gasteiger partial charge in [0.1, 0.15) is 0 Å². The van der Waals surface area contributed by atoms with Gasteiger partial charge in [0.2, 0.25) is 0 Å². The smallest absolute Gasteiger partial charge is 0.409 e. The number of hydrogen-bond donors (Lipinski definition) is 1. The molecule has 1 amide bonds. The molecule has 0 atom stereocenters. The number of likely N-dealkylation sites (tertiary alicyclic amines) is 1. The van der Waals surface area contributed by atoms with Gasteiger partial charge in [0.25, 0.3) is 0 Å². The monoisotopic (exact) mass is 275 g/mol. The van der Waals surface area contributed by atoms with E-state index in [2.05, 4.69) is 0 Å². The Balaban J connectivity index is 0.00000154. The maximum Gasteiger partial charge on any atom is 0.409 e. The Morgan fingerprint density at radius 2 is 1.95 bits per heavy atom. The van der Waals surface area contributed by atoms with Crippen molar-refractivity contribution in [2.75, 3.05) is 39.5 Å². The molecule has 0 radical (unpaired) electrons. The van der Waals surface area contributed by atoms with Gasteiger partial charge in [-0.05, 0) is 32.1 Å². The standard InChI is InChI=1S/C12H23NO4.C2H6/c1-2-17-12(15)13-6-4-11(5-7-13)10-16-9-3-8-14;1-2/h11,14H,2-10H2,1H3;1-2H3. The van der Waals surface area contributed by atoms with Gasteiger partial charge in [-0.2, -0.15) is 0 Å². The van der Waals surface area contributed by atoms with Gasteiger partial charge in [-0.25, -0.2) is 4.79 Å². The SMILES string of the molecule is CC.CCOC(=O)N1CCC(COCCCO)CC1. The molecular weight excluding hydrogens is 246 g/mol. The average Bonchev–Trinajstić information content (AvgIpc) is 2.47. The molecular formula is C14H29NO4. The van der Waals surface area contributed by atoms with Gasteiger partial charge in [0, 0.05) is 32.9 Å². The number of hydrogen-bond acceptors (Lipinski definition) is 4. The number of rotatable bonds is 6. The van der Waals surface area contributed by atoms with Crippen LogP contribution < -0.4 is 0 Å². The summed E-state index contributed by atoms with van der Waals surface area (Å²) in [5.41, 5.74) is 0. The second-order valence-electron chi connectivity index (χ2n) is 4.28. The van der Waals surface area contributed by atoms with Crippen molar-refractivity contribution in [2.45, 2.75) is 40.0 Å². The Morgan fingerprint density at radius 3 is 2.47 bits per heavy atom. The van der Waals surface area contributed by atoms with Crippen LogP contribution in [0.2, 0.25) is 0 Å². The zero-order valence-corrected chi connectivity index (χ0v) is 12.6. The van der Waals surface area contributed by atoms with E-state index in [9.17, 15) is 4.79 Å². The summed E-state index contributed by atoms with van der Waals surface area (Å²) in [5, 5.41) is 8.61. The number of amides is 1. The van der Waals surface area contributed by atoms with E-state index in [-0.39, 0.29) is 12.7 Å². The third-order valence-electron chi connectivity index (χ3n) is 2.94. The van der Waals surface area contributed by atoms with Crippen molar-refractivity contribution >= 4 is 6.09 Å². The minimum atomic E-state index is -0.202. The summed E-state index contributed by atoms with van der Waals surface area (Å²) in [7, 11) is 0. The first kappa shape index (κ1) is 18.2. The molecule has 0 aromatic rings. The molecule has 0 aromatic heterocycles. The molecule has 5 heteroatoms. The predicted molar refractivity (Wildman–Crippen MR) is 75.2 cm³/mol. The molecule has 1 rings (SSSR count). The maximum atomic E-state index is 11.4. The van der Waals surface area contributed by atoms with Gasteiger partial charge >= 0.3 is 6.09 Å². The zero-order valence-electron chi connectivity index (χ0n) is 12.6. The molecule has 1 aliphatic rings. The fourth-order valence-electron chi connectivity index (χ4n) is 1.91. The Kier molecular flexibility index (Phi) is 11.7. The Bertz CT molecular complexity index is 215. The summed E-state index contributed by atoms with van der Waals surface area (Å²) in [6.07, 6.45) is 2.43. The molecule has 1 heterocycles. The van der Waals surface area contributed by atoms with Gasteiger partial charge in [0.05, 0.1) is 6.61 Å². The zero-order chi connectivity index (χ0) is 14.5. The lowest BCUT2D eigenvalue weighted by molar-refractivity contribution is 0.0515. The van der Waals surface area contributed by atoms with Crippen molar-refractivity contribution in [1.82, 2.24) is 4.90 Å². The summed E-state index contributed by atoms with van der Waals surface area (Å²) in [4.78, 5) is 13.2. The van der Waals surface area contributed by atoms with Crippen LogP contribution in [0.15, 0.2) is 0 Å². The van der Waals surface area contributed by atoms with Crippen LogP contribution in [-0.4, -0.2) is 55.6 Å². The Labute approximate surface area is 116 Å². The van der Waals surface area contributed by atoms with Crippen LogP contribution in [0.5, 0.6) is 0 Å². The molecule has 0 unspecified atom stereocenters. The maximum absolute atomic E-state index is 11.4. The summed E-state index contributed by atoms with van der Waals surface area (Å²) in [6.45, 7) is 9.30. The predicted octanol–water partition coefficient (Wildman–Crippen LogP) is 2.28. The molecule has 1 aliphatic heterocycles. The van der Waals surface area contributed by atoms with E-state index in [1.807, 2.05) is 20.8 Å². The highest BCUT2D eigenvalue weighted by molar-refractivity contribution is 5.67. The molecule has 0 aromatic carbocycles. The molecule has 0 saturated carbocycles. The number of ether oxygens (including phenoxy) is 2. The molecule has 1 fully saturated rings. The van der Waals surface area contributed by atoms with Crippen LogP contribution in [0.3, 0.4) is 0 Å². The van der Waals surface area contributed by atoms with Gasteiger partial charge < -0.3 is 19.5 Å². The lowest BCUT2D eigenvalue weighted by Crippen LogP contribution is -2.39. The second kappa shape index (κ2) is 12.2.